The SMILES string of the molecule is CNC(=O)c1cccc(-c2c(Cl)ccc(C)c2Cl)c1. The molecule has 0 aliphatic heterocycles. The Morgan fingerprint density at radius 1 is 1.16 bits per heavy atom. The fourth-order valence-electron chi connectivity index (χ4n) is 1.88. The largest absolute Gasteiger partial charge is 0.355 e. The molecule has 0 aliphatic carbocycles. The highest BCUT2D eigenvalue weighted by Crippen LogP contribution is 2.36. The van der Waals surface area contributed by atoms with E-state index in [1.54, 1.807) is 19.2 Å². The monoisotopic (exact) mass is 293 g/mol. The van der Waals surface area contributed by atoms with Crippen molar-refractivity contribution < 1.29 is 4.79 Å². The topological polar surface area (TPSA) is 29.1 Å². The van der Waals surface area contributed by atoms with Crippen molar-refractivity contribution in [1.29, 1.82) is 0 Å². The molecule has 0 spiro atoms. The van der Waals surface area contributed by atoms with Crippen LogP contribution in [0.3, 0.4) is 0 Å². The summed E-state index contributed by atoms with van der Waals surface area (Å²) >= 11 is 12.5. The number of hydrogen-bond donors (Lipinski definition) is 1. The number of halogens is 2. The number of rotatable bonds is 2. The summed E-state index contributed by atoms with van der Waals surface area (Å²) in [6.45, 7) is 1.92. The number of benzene rings is 2. The average Bonchev–Trinajstić information content (AvgIpc) is 2.43. The first-order valence-corrected chi connectivity index (χ1v) is 6.57. The molecular formula is C15H13Cl2NO. The normalized spacial score (nSPS) is 10.3. The zero-order valence-corrected chi connectivity index (χ0v) is 12.1. The van der Waals surface area contributed by atoms with Gasteiger partial charge in [-0.05, 0) is 36.2 Å². The van der Waals surface area contributed by atoms with Gasteiger partial charge in [0.15, 0.2) is 0 Å². The van der Waals surface area contributed by atoms with Gasteiger partial charge in [0.25, 0.3) is 5.91 Å². The van der Waals surface area contributed by atoms with Crippen LogP contribution in [0.2, 0.25) is 10.0 Å². The molecule has 0 radical (unpaired) electrons. The third-order valence-electron chi connectivity index (χ3n) is 2.92. The first kappa shape index (κ1) is 13.9. The predicted octanol–water partition coefficient (Wildman–Crippen LogP) is 4.33. The number of aryl methyl sites for hydroxylation is 1. The van der Waals surface area contributed by atoms with Crippen molar-refractivity contribution in [2.75, 3.05) is 7.05 Å². The van der Waals surface area contributed by atoms with E-state index in [9.17, 15) is 4.79 Å². The van der Waals surface area contributed by atoms with E-state index in [2.05, 4.69) is 5.32 Å². The van der Waals surface area contributed by atoms with E-state index in [1.165, 1.54) is 0 Å². The number of carbonyl (C=O) groups excluding carboxylic acids is 1. The minimum atomic E-state index is -0.137. The Hall–Kier alpha value is -1.51. The number of amides is 1. The molecule has 0 heterocycles. The molecule has 1 N–H and O–H groups in total. The molecule has 0 atom stereocenters. The maximum absolute atomic E-state index is 11.7. The van der Waals surface area contributed by atoms with Crippen LogP contribution in [0.25, 0.3) is 11.1 Å². The molecule has 1 amide bonds. The Balaban J connectivity index is 2.60. The van der Waals surface area contributed by atoms with Gasteiger partial charge in [-0.15, -0.1) is 0 Å². The minimum Gasteiger partial charge on any atom is -0.355 e. The van der Waals surface area contributed by atoms with Gasteiger partial charge in [0.05, 0.1) is 5.02 Å². The summed E-state index contributed by atoms with van der Waals surface area (Å²) in [5, 5.41) is 3.78. The molecule has 0 aromatic heterocycles. The third-order valence-corrected chi connectivity index (χ3v) is 3.73. The lowest BCUT2D eigenvalue weighted by atomic mass is 10.0. The molecule has 0 fully saturated rings. The van der Waals surface area contributed by atoms with Gasteiger partial charge >= 0.3 is 0 Å². The van der Waals surface area contributed by atoms with Crippen molar-refractivity contribution in [2.24, 2.45) is 0 Å². The fourth-order valence-corrected chi connectivity index (χ4v) is 2.47. The first-order chi connectivity index (χ1) is 9.04. The molecule has 0 saturated carbocycles. The van der Waals surface area contributed by atoms with Crippen LogP contribution in [-0.2, 0) is 0 Å². The Kier molecular flexibility index (Phi) is 4.13. The summed E-state index contributed by atoms with van der Waals surface area (Å²) in [7, 11) is 1.60. The van der Waals surface area contributed by atoms with Crippen LogP contribution in [0.5, 0.6) is 0 Å². The zero-order valence-electron chi connectivity index (χ0n) is 10.6. The maximum atomic E-state index is 11.7. The number of carbonyl (C=O) groups is 1. The van der Waals surface area contributed by atoms with E-state index in [0.717, 1.165) is 16.7 Å². The summed E-state index contributed by atoms with van der Waals surface area (Å²) in [5.74, 6) is -0.137. The van der Waals surface area contributed by atoms with Gasteiger partial charge in [-0.25, -0.2) is 0 Å². The van der Waals surface area contributed by atoms with Gasteiger partial charge in [-0.1, -0.05) is 41.4 Å². The van der Waals surface area contributed by atoms with E-state index in [1.807, 2.05) is 31.2 Å². The van der Waals surface area contributed by atoms with E-state index in [-0.39, 0.29) is 5.91 Å². The molecule has 4 heteroatoms. The molecule has 0 aliphatic rings. The van der Waals surface area contributed by atoms with Crippen LogP contribution < -0.4 is 5.32 Å². The molecule has 98 valence electrons. The number of nitrogens with one attached hydrogen (secondary N) is 1. The second kappa shape index (κ2) is 5.64. The highest BCUT2D eigenvalue weighted by atomic mass is 35.5. The third kappa shape index (κ3) is 2.75. The Morgan fingerprint density at radius 3 is 2.58 bits per heavy atom. The first-order valence-electron chi connectivity index (χ1n) is 5.81. The van der Waals surface area contributed by atoms with E-state index < -0.39 is 0 Å². The van der Waals surface area contributed by atoms with E-state index >= 15 is 0 Å². The van der Waals surface area contributed by atoms with E-state index in [0.29, 0.717) is 15.6 Å². The summed E-state index contributed by atoms with van der Waals surface area (Å²) in [5.41, 5.74) is 3.12. The molecule has 19 heavy (non-hydrogen) atoms. The van der Waals surface area contributed by atoms with Crippen molar-refractivity contribution in [1.82, 2.24) is 5.32 Å². The lowest BCUT2D eigenvalue weighted by Crippen LogP contribution is -2.17. The van der Waals surface area contributed by atoms with Gasteiger partial charge in [-0.2, -0.15) is 0 Å². The Bertz CT molecular complexity index is 638. The van der Waals surface area contributed by atoms with E-state index in [4.69, 9.17) is 23.2 Å². The van der Waals surface area contributed by atoms with Crippen molar-refractivity contribution in [3.05, 3.63) is 57.6 Å². The zero-order chi connectivity index (χ0) is 14.0. The van der Waals surface area contributed by atoms with Crippen LogP contribution >= 0.6 is 23.2 Å². The number of hydrogen-bond acceptors (Lipinski definition) is 1. The second-order valence-electron chi connectivity index (χ2n) is 4.21. The van der Waals surface area contributed by atoms with Crippen LogP contribution in [0.4, 0.5) is 0 Å². The Labute approximate surface area is 122 Å². The van der Waals surface area contributed by atoms with Crippen LogP contribution in [0.1, 0.15) is 15.9 Å². The van der Waals surface area contributed by atoms with Crippen LogP contribution in [0, 0.1) is 6.92 Å². The molecule has 2 nitrogen and oxygen atoms in total. The standard InChI is InChI=1S/C15H13Cl2NO/c1-9-6-7-12(16)13(14(9)17)10-4-3-5-11(8-10)15(19)18-2/h3-8H,1-2H3,(H,18,19). The van der Waals surface area contributed by atoms with Crippen LogP contribution in [-0.4, -0.2) is 13.0 Å². The summed E-state index contributed by atoms with van der Waals surface area (Å²) in [6, 6.07) is 10.9. The van der Waals surface area contributed by atoms with Gasteiger partial charge in [0, 0.05) is 23.2 Å². The molecule has 0 saturated heterocycles. The summed E-state index contributed by atoms with van der Waals surface area (Å²) in [6.07, 6.45) is 0. The minimum absolute atomic E-state index is 0.137. The molecule has 2 aromatic carbocycles. The molecule has 2 rings (SSSR count). The molecule has 0 bridgehead atoms. The lowest BCUT2D eigenvalue weighted by Gasteiger charge is -2.10. The predicted molar refractivity (Wildman–Crippen MR) is 80.0 cm³/mol. The van der Waals surface area contributed by atoms with Gasteiger partial charge in [-0.3, -0.25) is 4.79 Å². The second-order valence-corrected chi connectivity index (χ2v) is 5.00. The fraction of sp³-hybridized carbons (Fsp3) is 0.133. The molecule has 0 unspecified atom stereocenters. The molecule has 2 aromatic rings. The van der Waals surface area contributed by atoms with Crippen molar-refractivity contribution in [3.63, 3.8) is 0 Å². The van der Waals surface area contributed by atoms with Crippen LogP contribution in [0.15, 0.2) is 36.4 Å². The van der Waals surface area contributed by atoms with Gasteiger partial charge in [0.1, 0.15) is 0 Å². The smallest absolute Gasteiger partial charge is 0.251 e. The quantitative estimate of drug-likeness (QED) is 0.877. The maximum Gasteiger partial charge on any atom is 0.251 e. The van der Waals surface area contributed by atoms with Gasteiger partial charge < -0.3 is 5.32 Å². The Morgan fingerprint density at radius 2 is 1.89 bits per heavy atom. The summed E-state index contributed by atoms with van der Waals surface area (Å²) < 4.78 is 0. The highest BCUT2D eigenvalue weighted by Gasteiger charge is 2.12. The summed E-state index contributed by atoms with van der Waals surface area (Å²) in [4.78, 5) is 11.7. The molecular weight excluding hydrogens is 281 g/mol. The van der Waals surface area contributed by atoms with Crippen molar-refractivity contribution >= 4 is 29.1 Å². The van der Waals surface area contributed by atoms with Crippen molar-refractivity contribution in [2.45, 2.75) is 6.92 Å². The lowest BCUT2D eigenvalue weighted by molar-refractivity contribution is 0.0963. The van der Waals surface area contributed by atoms with Gasteiger partial charge in [0.2, 0.25) is 0 Å². The highest BCUT2D eigenvalue weighted by molar-refractivity contribution is 6.39. The van der Waals surface area contributed by atoms with Crippen molar-refractivity contribution in [3.8, 4) is 11.1 Å². The average molecular weight is 294 g/mol.